The summed E-state index contributed by atoms with van der Waals surface area (Å²) in [5.74, 6) is 1.04. The van der Waals surface area contributed by atoms with Crippen LogP contribution in [0, 0.1) is 0 Å². The molecule has 0 bridgehead atoms. The molecule has 1 aliphatic heterocycles. The lowest BCUT2D eigenvalue weighted by molar-refractivity contribution is 0.313. The summed E-state index contributed by atoms with van der Waals surface area (Å²) in [6, 6.07) is 7.70. The Morgan fingerprint density at radius 3 is 2.95 bits per heavy atom. The smallest absolute Gasteiger partial charge is 0.212 e. The molecule has 1 aliphatic carbocycles. The molecule has 2 aliphatic rings. The molecule has 0 radical (unpaired) electrons. The van der Waals surface area contributed by atoms with Crippen molar-refractivity contribution >= 4 is 0 Å². The van der Waals surface area contributed by atoms with Gasteiger partial charge in [0.2, 0.25) is 5.88 Å². The Bertz CT molecular complexity index is 775. The van der Waals surface area contributed by atoms with Crippen molar-refractivity contribution in [1.29, 1.82) is 0 Å². The molecule has 1 aromatic carbocycles. The summed E-state index contributed by atoms with van der Waals surface area (Å²) in [7, 11) is 0. The summed E-state index contributed by atoms with van der Waals surface area (Å²) in [5.41, 5.74) is 3.99. The molecule has 0 unspecified atom stereocenters. The highest BCUT2D eigenvalue weighted by Gasteiger charge is 2.07. The molecule has 0 fully saturated rings. The summed E-state index contributed by atoms with van der Waals surface area (Å²) in [4.78, 5) is 8.94. The summed E-state index contributed by atoms with van der Waals surface area (Å²) >= 11 is 0. The number of hydrogen-bond acceptors (Lipinski definition) is 3. The van der Waals surface area contributed by atoms with Crippen molar-refractivity contribution in [1.82, 2.24) is 0 Å². The highest BCUT2D eigenvalue weighted by atomic mass is 16.5. The van der Waals surface area contributed by atoms with Crippen LogP contribution in [0.15, 0.2) is 88.1 Å². The second-order valence-corrected chi connectivity index (χ2v) is 4.14. The fourth-order valence-electron chi connectivity index (χ4n) is 1.89. The molecule has 0 saturated carbocycles. The number of allylic oxidation sites excluding steroid dienone is 2. The van der Waals surface area contributed by atoms with E-state index in [-0.39, 0.29) is 0 Å². The Morgan fingerprint density at radius 1 is 1.21 bits per heavy atom. The molecule has 3 rings (SSSR count). The third kappa shape index (κ3) is 2.46. The number of rotatable bonds is 0. The fourth-order valence-corrected chi connectivity index (χ4v) is 1.89. The first kappa shape index (κ1) is 11.5. The Labute approximate surface area is 111 Å². The van der Waals surface area contributed by atoms with Gasteiger partial charge in [-0.2, -0.15) is 0 Å². The van der Waals surface area contributed by atoms with Crippen molar-refractivity contribution in [3.05, 3.63) is 88.8 Å². The van der Waals surface area contributed by atoms with E-state index >= 15 is 0 Å². The molecular weight excluding hydrogens is 236 g/mol. The largest absolute Gasteiger partial charge is 0.439 e. The zero-order valence-corrected chi connectivity index (χ0v) is 10.3. The van der Waals surface area contributed by atoms with E-state index in [0.29, 0.717) is 18.2 Å². The van der Waals surface area contributed by atoms with Crippen LogP contribution in [0.1, 0.15) is 0 Å². The highest BCUT2D eigenvalue weighted by Crippen LogP contribution is 2.16. The van der Waals surface area contributed by atoms with Gasteiger partial charge in [0.05, 0.1) is 17.3 Å². The number of para-hydroxylation sites is 2. The molecule has 0 atom stereocenters. The van der Waals surface area contributed by atoms with Gasteiger partial charge in [-0.15, -0.1) is 5.73 Å². The van der Waals surface area contributed by atoms with Gasteiger partial charge >= 0.3 is 0 Å². The maximum atomic E-state index is 5.68. The van der Waals surface area contributed by atoms with Crippen molar-refractivity contribution < 1.29 is 4.74 Å². The van der Waals surface area contributed by atoms with Crippen LogP contribution in [-0.4, -0.2) is 6.54 Å². The molecule has 1 heterocycles. The van der Waals surface area contributed by atoms with Gasteiger partial charge in [0, 0.05) is 11.6 Å². The van der Waals surface area contributed by atoms with Gasteiger partial charge in [-0.25, -0.2) is 4.99 Å². The first-order valence-electron chi connectivity index (χ1n) is 6.00. The molecule has 3 heteroatoms. The summed E-state index contributed by atoms with van der Waals surface area (Å²) in [6.45, 7) is 4.37. The van der Waals surface area contributed by atoms with Crippen LogP contribution in [0.25, 0.3) is 0 Å². The number of fused-ring (bicyclic) bond motifs is 1. The molecular formula is C16H12N2O. The lowest BCUT2D eigenvalue weighted by Gasteiger charge is -2.07. The number of hydrogen-bond donors (Lipinski definition) is 0. The van der Waals surface area contributed by atoms with E-state index in [2.05, 4.69) is 22.3 Å². The third-order valence-electron chi connectivity index (χ3n) is 2.80. The van der Waals surface area contributed by atoms with Gasteiger partial charge in [-0.3, -0.25) is 4.99 Å². The van der Waals surface area contributed by atoms with Crippen LogP contribution in [0.3, 0.4) is 0 Å². The lowest BCUT2D eigenvalue weighted by atomic mass is 10.2. The monoisotopic (exact) mass is 248 g/mol. The second kappa shape index (κ2) is 4.92. The maximum Gasteiger partial charge on any atom is 0.212 e. The molecule has 0 spiro atoms. The molecule has 0 saturated heterocycles. The van der Waals surface area contributed by atoms with Gasteiger partial charge in [0.1, 0.15) is 5.76 Å². The van der Waals surface area contributed by atoms with Crippen molar-refractivity contribution in [3.63, 3.8) is 0 Å². The van der Waals surface area contributed by atoms with Crippen LogP contribution in [0.4, 0.5) is 0 Å². The number of nitrogens with zero attached hydrogens (tertiary/aromatic N) is 2. The van der Waals surface area contributed by atoms with E-state index in [0.717, 1.165) is 16.3 Å². The minimum absolute atomic E-state index is 0.352. The number of ether oxygens (including phenoxy) is 1. The molecule has 1 aromatic rings. The van der Waals surface area contributed by atoms with Crippen LogP contribution in [-0.2, 0) is 4.74 Å². The predicted octanol–water partition coefficient (Wildman–Crippen LogP) is 1.96. The van der Waals surface area contributed by atoms with Gasteiger partial charge in [-0.05, 0) is 24.8 Å². The van der Waals surface area contributed by atoms with Crippen LogP contribution in [0.5, 0.6) is 0 Å². The minimum Gasteiger partial charge on any atom is -0.439 e. The molecule has 0 aromatic heterocycles. The Hall–Kier alpha value is -2.64. The Morgan fingerprint density at radius 2 is 2.05 bits per heavy atom. The second-order valence-electron chi connectivity index (χ2n) is 4.14. The first-order chi connectivity index (χ1) is 9.33. The molecule has 3 nitrogen and oxygen atoms in total. The lowest BCUT2D eigenvalue weighted by Crippen LogP contribution is -2.25. The fraction of sp³-hybridized carbons (Fsp3) is 0.0625. The first-order valence-corrected chi connectivity index (χ1v) is 6.00. The van der Waals surface area contributed by atoms with Crippen molar-refractivity contribution in [2.24, 2.45) is 9.98 Å². The van der Waals surface area contributed by atoms with Gasteiger partial charge in [0.15, 0.2) is 0 Å². The van der Waals surface area contributed by atoms with E-state index in [1.807, 2.05) is 42.5 Å². The zero-order valence-electron chi connectivity index (χ0n) is 10.3. The third-order valence-corrected chi connectivity index (χ3v) is 2.80. The van der Waals surface area contributed by atoms with Crippen LogP contribution < -0.4 is 10.7 Å². The molecule has 0 amide bonds. The van der Waals surface area contributed by atoms with E-state index in [1.165, 1.54) is 0 Å². The average Bonchev–Trinajstić information content (AvgIpc) is 2.59. The van der Waals surface area contributed by atoms with Crippen LogP contribution >= 0.6 is 0 Å². The molecule has 0 N–H and O–H groups in total. The SMILES string of the molecule is C=C1/N=c2/cccc/c2=N/CC2=C(C=C=CC=C2)O1. The minimum atomic E-state index is 0.352. The summed E-state index contributed by atoms with van der Waals surface area (Å²) in [6.07, 6.45) is 7.50. The van der Waals surface area contributed by atoms with E-state index in [9.17, 15) is 0 Å². The van der Waals surface area contributed by atoms with E-state index in [1.54, 1.807) is 6.08 Å². The number of benzene rings is 1. The van der Waals surface area contributed by atoms with Crippen molar-refractivity contribution in [2.75, 3.05) is 6.54 Å². The summed E-state index contributed by atoms with van der Waals surface area (Å²) in [5, 5.41) is 1.62. The topological polar surface area (TPSA) is 34.0 Å². The van der Waals surface area contributed by atoms with E-state index < -0.39 is 0 Å². The Balaban J connectivity index is 2.18. The Kier molecular flexibility index (Phi) is 2.97. The molecule has 19 heavy (non-hydrogen) atoms. The maximum absolute atomic E-state index is 5.68. The standard InChI is InChI=1S/C16H12N2O/c1-12-18-15-9-6-5-8-14(15)17-11-13-7-3-2-4-10-16(13)19-12/h2-3,5-10H,1,11H2/b17-14-,18-15-. The summed E-state index contributed by atoms with van der Waals surface area (Å²) < 4.78 is 5.68. The normalized spacial score (nSPS) is 20.5. The van der Waals surface area contributed by atoms with E-state index in [4.69, 9.17) is 4.74 Å². The quantitative estimate of drug-likeness (QED) is 0.646. The van der Waals surface area contributed by atoms with Crippen molar-refractivity contribution in [2.45, 2.75) is 0 Å². The van der Waals surface area contributed by atoms with Crippen LogP contribution in [0.2, 0.25) is 0 Å². The predicted molar refractivity (Wildman–Crippen MR) is 72.7 cm³/mol. The van der Waals surface area contributed by atoms with Gasteiger partial charge in [-0.1, -0.05) is 24.3 Å². The average molecular weight is 248 g/mol. The molecule has 92 valence electrons. The highest BCUT2D eigenvalue weighted by molar-refractivity contribution is 5.35. The van der Waals surface area contributed by atoms with Crippen molar-refractivity contribution in [3.8, 4) is 0 Å². The van der Waals surface area contributed by atoms with Gasteiger partial charge < -0.3 is 4.74 Å². The van der Waals surface area contributed by atoms with Gasteiger partial charge in [0.25, 0.3) is 0 Å². The zero-order chi connectivity index (χ0) is 13.1.